The van der Waals surface area contributed by atoms with Crippen LogP contribution in [0.3, 0.4) is 0 Å². The van der Waals surface area contributed by atoms with Gasteiger partial charge in [0.15, 0.2) is 6.61 Å². The van der Waals surface area contributed by atoms with Crippen LogP contribution in [0.1, 0.15) is 17.2 Å². The minimum Gasteiger partial charge on any atom is -0.484 e. The molecule has 5 heteroatoms. The lowest BCUT2D eigenvalue weighted by molar-refractivity contribution is -0.123. The van der Waals surface area contributed by atoms with Gasteiger partial charge in [-0.3, -0.25) is 4.79 Å². The fourth-order valence-corrected chi connectivity index (χ4v) is 3.58. The topological polar surface area (TPSA) is 61.8 Å². The Labute approximate surface area is 164 Å². The fourth-order valence-electron chi connectivity index (χ4n) is 3.58. The average molecular weight is 376 g/mol. The molecule has 0 radical (unpaired) electrons. The summed E-state index contributed by atoms with van der Waals surface area (Å²) in [6, 6.07) is 19.7. The zero-order valence-electron chi connectivity index (χ0n) is 15.9. The van der Waals surface area contributed by atoms with Gasteiger partial charge in [0.1, 0.15) is 5.75 Å². The molecule has 0 aromatic heterocycles. The molecule has 0 saturated carbocycles. The molecule has 0 saturated heterocycles. The Hall–Kier alpha value is -3.05. The van der Waals surface area contributed by atoms with Crippen LogP contribution in [-0.4, -0.2) is 37.8 Å². The van der Waals surface area contributed by atoms with Crippen molar-refractivity contribution >= 4 is 22.4 Å². The van der Waals surface area contributed by atoms with Crippen molar-refractivity contribution in [2.45, 2.75) is 12.5 Å². The maximum atomic E-state index is 12.1. The Morgan fingerprint density at radius 3 is 2.82 bits per heavy atom. The first kappa shape index (κ1) is 18.3. The summed E-state index contributed by atoms with van der Waals surface area (Å²) in [6.45, 7) is 1.08. The molecule has 0 fully saturated rings. The number of nitrogens with one attached hydrogen (secondary N) is 1. The molecule has 0 bridgehead atoms. The number of ether oxygens (including phenoxy) is 1. The van der Waals surface area contributed by atoms with Crippen molar-refractivity contribution in [3.05, 3.63) is 71.8 Å². The van der Waals surface area contributed by atoms with Gasteiger partial charge in [-0.15, -0.1) is 0 Å². The maximum absolute atomic E-state index is 12.1. The minimum absolute atomic E-state index is 0.0833. The fraction of sp³-hybridized carbons (Fsp3) is 0.261. The largest absolute Gasteiger partial charge is 0.484 e. The molecule has 0 spiro atoms. The van der Waals surface area contributed by atoms with Crippen LogP contribution in [0.15, 0.2) is 60.7 Å². The number of hydrogen-bond acceptors (Lipinski definition) is 4. The summed E-state index contributed by atoms with van der Waals surface area (Å²) in [7, 11) is 2.07. The van der Waals surface area contributed by atoms with Crippen LogP contribution in [0.4, 0.5) is 5.69 Å². The molecule has 2 N–H and O–H groups in total. The average Bonchev–Trinajstić information content (AvgIpc) is 3.10. The number of carbonyl (C=O) groups excluding carboxylic acids is 1. The zero-order chi connectivity index (χ0) is 19.5. The van der Waals surface area contributed by atoms with Crippen LogP contribution < -0.4 is 15.0 Å². The van der Waals surface area contributed by atoms with Gasteiger partial charge >= 0.3 is 0 Å². The highest BCUT2D eigenvalue weighted by atomic mass is 16.5. The number of fused-ring (bicyclic) bond motifs is 2. The minimum atomic E-state index is -0.735. The molecule has 3 aromatic carbocycles. The second-order valence-electron chi connectivity index (χ2n) is 7.18. The van der Waals surface area contributed by atoms with Crippen molar-refractivity contribution in [3.63, 3.8) is 0 Å². The normalized spacial score (nSPS) is 14.0. The van der Waals surface area contributed by atoms with Gasteiger partial charge in [0.2, 0.25) is 0 Å². The lowest BCUT2D eigenvalue weighted by atomic mass is 10.0. The summed E-state index contributed by atoms with van der Waals surface area (Å²) in [6.07, 6.45) is 0.249. The van der Waals surface area contributed by atoms with Crippen molar-refractivity contribution in [2.24, 2.45) is 0 Å². The molecular formula is C23H24N2O3. The quantitative estimate of drug-likeness (QED) is 0.694. The third-order valence-corrected chi connectivity index (χ3v) is 5.20. The Balaban J connectivity index is 1.29. The van der Waals surface area contributed by atoms with E-state index in [2.05, 4.69) is 17.3 Å². The van der Waals surface area contributed by atoms with Gasteiger partial charge in [0.25, 0.3) is 5.91 Å². The number of aliphatic hydroxyl groups excluding tert-OH is 1. The van der Waals surface area contributed by atoms with Crippen molar-refractivity contribution in [1.29, 1.82) is 0 Å². The Kier molecular flexibility index (Phi) is 5.17. The lowest BCUT2D eigenvalue weighted by Gasteiger charge is -2.15. The number of benzene rings is 3. The van der Waals surface area contributed by atoms with Gasteiger partial charge in [0, 0.05) is 25.8 Å². The SMILES string of the molecule is CN1CCc2cc(C(O)CNC(=O)COc3ccc4ccccc4c3)ccc21. The first-order valence-corrected chi connectivity index (χ1v) is 9.50. The van der Waals surface area contributed by atoms with E-state index < -0.39 is 6.10 Å². The number of rotatable bonds is 6. The number of likely N-dealkylation sites (N-methyl/N-ethyl adjacent to an activating group) is 1. The van der Waals surface area contributed by atoms with E-state index in [1.165, 1.54) is 11.3 Å². The smallest absolute Gasteiger partial charge is 0.258 e. The predicted molar refractivity (Wildman–Crippen MR) is 111 cm³/mol. The molecule has 144 valence electrons. The molecule has 1 unspecified atom stereocenters. The predicted octanol–water partition coefficient (Wildman–Crippen LogP) is 3.06. The summed E-state index contributed by atoms with van der Waals surface area (Å²) < 4.78 is 5.59. The Bertz CT molecular complexity index is 1000. The van der Waals surface area contributed by atoms with Gasteiger partial charge in [-0.25, -0.2) is 0 Å². The van der Waals surface area contributed by atoms with E-state index in [1.807, 2.05) is 60.7 Å². The van der Waals surface area contributed by atoms with Gasteiger partial charge < -0.3 is 20.1 Å². The molecule has 1 atom stereocenters. The number of anilines is 1. The summed E-state index contributed by atoms with van der Waals surface area (Å²) in [5, 5.41) is 15.3. The van der Waals surface area contributed by atoms with Crippen LogP contribution in [0, 0.1) is 0 Å². The van der Waals surface area contributed by atoms with E-state index in [0.29, 0.717) is 5.75 Å². The highest BCUT2D eigenvalue weighted by Crippen LogP contribution is 2.29. The van der Waals surface area contributed by atoms with Crippen LogP contribution >= 0.6 is 0 Å². The summed E-state index contributed by atoms with van der Waals surface area (Å²) >= 11 is 0. The number of aliphatic hydroxyl groups is 1. The van der Waals surface area contributed by atoms with E-state index in [1.54, 1.807) is 0 Å². The van der Waals surface area contributed by atoms with Gasteiger partial charge in [0.05, 0.1) is 6.10 Å². The van der Waals surface area contributed by atoms with Crippen molar-refractivity contribution in [1.82, 2.24) is 5.32 Å². The highest BCUT2D eigenvalue weighted by Gasteiger charge is 2.18. The number of nitrogens with zero attached hydrogens (tertiary/aromatic N) is 1. The molecular weight excluding hydrogens is 352 g/mol. The van der Waals surface area contributed by atoms with Crippen LogP contribution in [0.2, 0.25) is 0 Å². The van der Waals surface area contributed by atoms with Gasteiger partial charge in [-0.2, -0.15) is 0 Å². The van der Waals surface area contributed by atoms with E-state index in [9.17, 15) is 9.90 Å². The second-order valence-corrected chi connectivity index (χ2v) is 7.18. The summed E-state index contributed by atoms with van der Waals surface area (Å²) in [4.78, 5) is 14.3. The van der Waals surface area contributed by atoms with Crippen molar-refractivity contribution in [2.75, 3.05) is 31.6 Å². The third-order valence-electron chi connectivity index (χ3n) is 5.20. The van der Waals surface area contributed by atoms with Crippen LogP contribution in [-0.2, 0) is 11.2 Å². The third kappa shape index (κ3) is 3.94. The van der Waals surface area contributed by atoms with E-state index in [4.69, 9.17) is 4.74 Å². The molecule has 1 amide bonds. The van der Waals surface area contributed by atoms with E-state index >= 15 is 0 Å². The van der Waals surface area contributed by atoms with Crippen LogP contribution in [0.25, 0.3) is 10.8 Å². The van der Waals surface area contributed by atoms with Gasteiger partial charge in [-0.05, 0) is 46.5 Å². The molecule has 28 heavy (non-hydrogen) atoms. The zero-order valence-corrected chi connectivity index (χ0v) is 15.9. The first-order valence-electron chi connectivity index (χ1n) is 9.50. The molecule has 5 nitrogen and oxygen atoms in total. The first-order chi connectivity index (χ1) is 13.6. The molecule has 4 rings (SSSR count). The number of hydrogen-bond donors (Lipinski definition) is 2. The summed E-state index contributed by atoms with van der Waals surface area (Å²) in [5.74, 6) is 0.394. The van der Waals surface area contributed by atoms with Crippen LogP contribution in [0.5, 0.6) is 5.75 Å². The van der Waals surface area contributed by atoms with Crippen molar-refractivity contribution in [3.8, 4) is 5.75 Å². The van der Waals surface area contributed by atoms with Crippen molar-refractivity contribution < 1.29 is 14.6 Å². The molecule has 3 aromatic rings. The standard InChI is InChI=1S/C23H24N2O3/c1-25-11-10-18-12-19(7-9-21(18)25)22(26)14-24-23(27)15-28-20-8-6-16-4-2-3-5-17(16)13-20/h2-9,12-13,22,26H,10-11,14-15H2,1H3,(H,24,27). The van der Waals surface area contributed by atoms with E-state index in [-0.39, 0.29) is 19.1 Å². The summed E-state index contributed by atoms with van der Waals surface area (Å²) in [5.41, 5.74) is 3.28. The Morgan fingerprint density at radius 1 is 1.14 bits per heavy atom. The Morgan fingerprint density at radius 2 is 1.96 bits per heavy atom. The lowest BCUT2D eigenvalue weighted by Crippen LogP contribution is -2.32. The molecule has 0 aliphatic carbocycles. The van der Waals surface area contributed by atoms with Gasteiger partial charge in [-0.1, -0.05) is 42.5 Å². The molecule has 1 aliphatic heterocycles. The number of amides is 1. The molecule has 1 aliphatic rings. The highest BCUT2D eigenvalue weighted by molar-refractivity contribution is 5.84. The maximum Gasteiger partial charge on any atom is 0.258 e. The van der Waals surface area contributed by atoms with E-state index in [0.717, 1.165) is 29.3 Å². The monoisotopic (exact) mass is 376 g/mol. The number of carbonyl (C=O) groups is 1. The molecule has 1 heterocycles. The second kappa shape index (κ2) is 7.90.